The molecule has 2 heterocycles. The smallest absolute Gasteiger partial charge is 0.410 e. The van der Waals surface area contributed by atoms with E-state index in [1.54, 1.807) is 6.33 Å². The molecule has 7 heteroatoms. The maximum Gasteiger partial charge on any atom is 0.410 e. The highest BCUT2D eigenvalue weighted by Crippen LogP contribution is 2.44. The van der Waals surface area contributed by atoms with Crippen LogP contribution in [-0.4, -0.2) is 39.2 Å². The van der Waals surface area contributed by atoms with Gasteiger partial charge in [-0.2, -0.15) is 0 Å². The fourth-order valence-corrected chi connectivity index (χ4v) is 5.39. The van der Waals surface area contributed by atoms with E-state index in [1.165, 1.54) is 16.7 Å². The van der Waals surface area contributed by atoms with Crippen molar-refractivity contribution in [3.05, 3.63) is 93.5 Å². The molecule has 1 aliphatic heterocycles. The Hall–Kier alpha value is -3.35. The van der Waals surface area contributed by atoms with Crippen molar-refractivity contribution in [1.29, 1.82) is 0 Å². The number of rotatable bonds is 2. The lowest BCUT2D eigenvalue weighted by Gasteiger charge is -2.32. The van der Waals surface area contributed by atoms with Gasteiger partial charge < -0.3 is 19.9 Å². The van der Waals surface area contributed by atoms with Crippen molar-refractivity contribution >= 4 is 34.9 Å². The van der Waals surface area contributed by atoms with Crippen molar-refractivity contribution in [3.63, 3.8) is 0 Å². The zero-order chi connectivity index (χ0) is 26.3. The second kappa shape index (κ2) is 9.84. The third-order valence-electron chi connectivity index (χ3n) is 6.98. The van der Waals surface area contributed by atoms with Crippen LogP contribution in [0.3, 0.4) is 0 Å². The third kappa shape index (κ3) is 5.09. The lowest BCUT2D eigenvalue weighted by molar-refractivity contribution is 0.0236. The Morgan fingerprint density at radius 2 is 1.81 bits per heavy atom. The lowest BCUT2D eigenvalue weighted by Crippen LogP contribution is -2.40. The van der Waals surface area contributed by atoms with Crippen molar-refractivity contribution < 1.29 is 9.53 Å². The van der Waals surface area contributed by atoms with E-state index in [-0.39, 0.29) is 12.1 Å². The minimum absolute atomic E-state index is 0.254. The number of fused-ring (bicyclic) bond motifs is 2. The number of benzene rings is 2. The summed E-state index contributed by atoms with van der Waals surface area (Å²) in [7, 11) is 1.96. The van der Waals surface area contributed by atoms with Crippen molar-refractivity contribution in [2.24, 2.45) is 12.8 Å². The summed E-state index contributed by atoms with van der Waals surface area (Å²) in [5.41, 5.74) is 15.2. The predicted molar refractivity (Wildman–Crippen MR) is 149 cm³/mol. The summed E-state index contributed by atoms with van der Waals surface area (Å²) in [6.45, 7) is 6.93. The molecule has 1 aliphatic carbocycles. The van der Waals surface area contributed by atoms with Crippen LogP contribution in [0.4, 0.5) is 4.79 Å². The average Bonchev–Trinajstić information content (AvgIpc) is 3.23. The highest BCUT2D eigenvalue weighted by molar-refractivity contribution is 6.31. The molecule has 0 spiro atoms. The second-order valence-electron chi connectivity index (χ2n) is 10.7. The van der Waals surface area contributed by atoms with E-state index >= 15 is 0 Å². The van der Waals surface area contributed by atoms with Crippen LogP contribution in [0.1, 0.15) is 67.6 Å². The van der Waals surface area contributed by atoms with E-state index < -0.39 is 5.60 Å². The third-order valence-corrected chi connectivity index (χ3v) is 7.22. The number of ether oxygens (including phenoxy) is 1. The number of aromatic nitrogens is 2. The van der Waals surface area contributed by atoms with Gasteiger partial charge in [0.1, 0.15) is 5.60 Å². The molecule has 1 unspecified atom stereocenters. The highest BCUT2D eigenvalue weighted by Gasteiger charge is 2.30. The first kappa shape index (κ1) is 25.3. The van der Waals surface area contributed by atoms with Crippen LogP contribution >= 0.6 is 11.6 Å². The van der Waals surface area contributed by atoms with Gasteiger partial charge in [-0.05, 0) is 85.2 Å². The topological polar surface area (TPSA) is 73.4 Å². The highest BCUT2D eigenvalue weighted by atomic mass is 35.5. The summed E-state index contributed by atoms with van der Waals surface area (Å²) < 4.78 is 7.57. The molecule has 2 aromatic carbocycles. The summed E-state index contributed by atoms with van der Waals surface area (Å²) in [4.78, 5) is 18.8. The zero-order valence-electron chi connectivity index (χ0n) is 21.8. The van der Waals surface area contributed by atoms with Gasteiger partial charge in [0.05, 0.1) is 24.3 Å². The zero-order valence-corrected chi connectivity index (χ0v) is 22.5. The molecule has 37 heavy (non-hydrogen) atoms. The molecule has 192 valence electrons. The van der Waals surface area contributed by atoms with Crippen LogP contribution in [0.15, 0.2) is 60.6 Å². The summed E-state index contributed by atoms with van der Waals surface area (Å²) >= 11 is 6.55. The number of nitrogens with two attached hydrogens (primary N) is 1. The molecular weight excluding hydrogens is 484 g/mol. The van der Waals surface area contributed by atoms with Crippen LogP contribution < -0.4 is 5.73 Å². The summed E-state index contributed by atoms with van der Waals surface area (Å²) in [6, 6.07) is 14.1. The Morgan fingerprint density at radius 3 is 2.49 bits per heavy atom. The number of nitrogens with zero attached hydrogens (tertiary/aromatic N) is 3. The molecule has 5 rings (SSSR count). The summed E-state index contributed by atoms with van der Waals surface area (Å²) in [5, 5.41) is 0.664. The first-order chi connectivity index (χ1) is 17.6. The number of carbonyl (C=O) groups excluding carboxylic acids is 1. The molecule has 2 N–H and O–H groups in total. The molecular formula is C30H33ClN4O2. The first-order valence-electron chi connectivity index (χ1n) is 12.7. The Labute approximate surface area is 223 Å². The normalized spacial score (nSPS) is 16.5. The largest absolute Gasteiger partial charge is 0.444 e. The second-order valence-corrected chi connectivity index (χ2v) is 11.2. The first-order valence-corrected chi connectivity index (χ1v) is 13.0. The van der Waals surface area contributed by atoms with Gasteiger partial charge in [-0.1, -0.05) is 47.5 Å². The van der Waals surface area contributed by atoms with E-state index in [9.17, 15) is 4.79 Å². The van der Waals surface area contributed by atoms with Crippen molar-refractivity contribution in [1.82, 2.24) is 14.5 Å². The number of aryl methyl sites for hydroxylation is 1. The van der Waals surface area contributed by atoms with E-state index in [0.29, 0.717) is 18.1 Å². The van der Waals surface area contributed by atoms with Crippen molar-refractivity contribution in [2.45, 2.75) is 45.3 Å². The SMILES string of the molecule is Cn1cncc1C(N)C1=Cc2ccccc2C(=C2CCN(C(=O)OC(C)(C)C)CC2)c2ccc(Cl)cc21. The standard InChI is InChI=1S/C30H33ClN4O2/c1-30(2,3)37-29(36)35-13-11-19(12-14-35)27-22-8-6-5-7-20(22)15-25(24-16-21(31)9-10-23(24)27)28(32)26-17-33-18-34(26)4/h5-10,15-18,28H,11-14,32H2,1-4H3. The van der Waals surface area contributed by atoms with Gasteiger partial charge in [-0.3, -0.25) is 0 Å². The fourth-order valence-electron chi connectivity index (χ4n) is 5.21. The number of likely N-dealkylation sites (tertiary alicyclic amines) is 1. The minimum Gasteiger partial charge on any atom is -0.444 e. The van der Waals surface area contributed by atoms with Gasteiger partial charge in [0, 0.05) is 25.2 Å². The van der Waals surface area contributed by atoms with Crippen LogP contribution in [0, 0.1) is 0 Å². The monoisotopic (exact) mass is 516 g/mol. The molecule has 0 bridgehead atoms. The van der Waals surface area contributed by atoms with Gasteiger partial charge in [0.15, 0.2) is 0 Å². The molecule has 3 aromatic rings. The Balaban J connectivity index is 1.61. The molecule has 0 saturated carbocycles. The Bertz CT molecular complexity index is 1400. The van der Waals surface area contributed by atoms with Crippen LogP contribution in [-0.2, 0) is 11.8 Å². The van der Waals surface area contributed by atoms with Crippen molar-refractivity contribution in [2.75, 3.05) is 13.1 Å². The molecule has 2 aliphatic rings. The Morgan fingerprint density at radius 1 is 1.08 bits per heavy atom. The van der Waals surface area contributed by atoms with Gasteiger partial charge in [0.25, 0.3) is 0 Å². The number of amides is 1. The van der Waals surface area contributed by atoms with Gasteiger partial charge in [-0.15, -0.1) is 0 Å². The fraction of sp³-hybridized carbons (Fsp3) is 0.333. The minimum atomic E-state index is -0.511. The number of hydrogen-bond acceptors (Lipinski definition) is 4. The molecule has 1 aromatic heterocycles. The summed E-state index contributed by atoms with van der Waals surface area (Å²) in [6.07, 6.45) is 7.06. The molecule has 1 saturated heterocycles. The van der Waals surface area contributed by atoms with E-state index in [1.807, 2.05) is 55.6 Å². The Kier molecular flexibility index (Phi) is 6.73. The van der Waals surface area contributed by atoms with E-state index in [2.05, 4.69) is 41.4 Å². The number of halogens is 1. The number of hydrogen-bond donors (Lipinski definition) is 1. The molecule has 0 radical (unpaired) electrons. The number of carbonyl (C=O) groups is 1. The summed E-state index contributed by atoms with van der Waals surface area (Å²) in [5.74, 6) is 0. The number of piperidine rings is 1. The van der Waals surface area contributed by atoms with Gasteiger partial charge in [-0.25, -0.2) is 9.78 Å². The van der Waals surface area contributed by atoms with E-state index in [4.69, 9.17) is 22.1 Å². The molecule has 6 nitrogen and oxygen atoms in total. The van der Waals surface area contributed by atoms with Gasteiger partial charge >= 0.3 is 6.09 Å². The number of imidazole rings is 1. The quantitative estimate of drug-likeness (QED) is 0.424. The molecule has 1 atom stereocenters. The predicted octanol–water partition coefficient (Wildman–Crippen LogP) is 6.46. The average molecular weight is 517 g/mol. The van der Waals surface area contributed by atoms with Crippen LogP contribution in [0.25, 0.3) is 17.2 Å². The van der Waals surface area contributed by atoms with E-state index in [0.717, 1.165) is 40.8 Å². The molecule has 1 fully saturated rings. The van der Waals surface area contributed by atoms with Crippen LogP contribution in [0.5, 0.6) is 0 Å². The maximum atomic E-state index is 12.7. The van der Waals surface area contributed by atoms with Gasteiger partial charge in [0.2, 0.25) is 0 Å². The van der Waals surface area contributed by atoms with Crippen molar-refractivity contribution in [3.8, 4) is 0 Å². The maximum absolute atomic E-state index is 12.7. The lowest BCUT2D eigenvalue weighted by atomic mass is 9.85. The van der Waals surface area contributed by atoms with Crippen LogP contribution in [0.2, 0.25) is 5.02 Å². The molecule has 1 amide bonds.